The molecule has 0 atom stereocenters. The summed E-state index contributed by atoms with van der Waals surface area (Å²) in [7, 11) is 0. The maximum absolute atomic E-state index is 11.9. The zero-order valence-corrected chi connectivity index (χ0v) is 10.6. The normalized spacial score (nSPS) is 11.0. The monoisotopic (exact) mass is 247 g/mol. The molecule has 4 heteroatoms. The number of hydrogen-bond donors (Lipinski definition) is 0. The Hall–Kier alpha value is -1.55. The van der Waals surface area contributed by atoms with Gasteiger partial charge in [-0.15, -0.1) is 11.3 Å². The van der Waals surface area contributed by atoms with E-state index in [2.05, 4.69) is 4.98 Å². The Labute approximate surface area is 103 Å². The first-order chi connectivity index (χ1) is 8.08. The molecule has 2 rings (SSSR count). The lowest BCUT2D eigenvalue weighted by molar-refractivity contribution is -0.121. The van der Waals surface area contributed by atoms with Crippen LogP contribution in [0.3, 0.4) is 0 Å². The lowest BCUT2D eigenvalue weighted by atomic mass is 10.0. The van der Waals surface area contributed by atoms with E-state index < -0.39 is 0 Å². The molecule has 3 nitrogen and oxygen atoms in total. The van der Waals surface area contributed by atoms with Crippen molar-refractivity contribution in [3.05, 3.63) is 29.3 Å². The third-order valence-electron chi connectivity index (χ3n) is 2.51. The van der Waals surface area contributed by atoms with Crippen molar-refractivity contribution in [1.82, 2.24) is 4.98 Å². The Morgan fingerprint density at radius 2 is 2.00 bits per heavy atom. The molecule has 1 aromatic heterocycles. The van der Waals surface area contributed by atoms with Crippen LogP contribution in [0.1, 0.15) is 30.1 Å². The van der Waals surface area contributed by atoms with Crippen molar-refractivity contribution in [2.45, 2.75) is 20.3 Å². The molecule has 0 fully saturated rings. The summed E-state index contributed by atoms with van der Waals surface area (Å²) in [4.78, 5) is 27.6. The number of carbonyl (C=O) groups is 2. The second-order valence-electron chi connectivity index (χ2n) is 4.21. The van der Waals surface area contributed by atoms with Crippen LogP contribution in [0.15, 0.2) is 24.3 Å². The van der Waals surface area contributed by atoms with Gasteiger partial charge in [0.1, 0.15) is 5.78 Å². The number of rotatable bonds is 4. The molecule has 88 valence electrons. The molecule has 0 N–H and O–H groups in total. The lowest BCUT2D eigenvalue weighted by Gasteiger charge is -2.00. The van der Waals surface area contributed by atoms with Gasteiger partial charge in [0.25, 0.3) is 0 Å². The molecule has 1 aromatic carbocycles. The Kier molecular flexibility index (Phi) is 3.33. The number of para-hydroxylation sites is 1. The Balaban J connectivity index is 2.22. The molecule has 0 unspecified atom stereocenters. The smallest absolute Gasteiger partial charge is 0.198 e. The van der Waals surface area contributed by atoms with Gasteiger partial charge < -0.3 is 0 Å². The summed E-state index contributed by atoms with van der Waals surface area (Å²) < 4.78 is 0.979. The van der Waals surface area contributed by atoms with Crippen LogP contribution in [0.25, 0.3) is 10.2 Å². The fourth-order valence-corrected chi connectivity index (χ4v) is 2.33. The fourth-order valence-electron chi connectivity index (χ4n) is 1.43. The van der Waals surface area contributed by atoms with Crippen LogP contribution in [0, 0.1) is 5.92 Å². The second kappa shape index (κ2) is 4.75. The first-order valence-corrected chi connectivity index (χ1v) is 6.31. The number of hydrogen-bond acceptors (Lipinski definition) is 4. The Bertz CT molecular complexity index is 539. The van der Waals surface area contributed by atoms with Crippen LogP contribution in [0.2, 0.25) is 0 Å². The molecule has 0 saturated heterocycles. The van der Waals surface area contributed by atoms with Crippen molar-refractivity contribution >= 4 is 33.1 Å². The maximum Gasteiger partial charge on any atom is 0.198 e. The summed E-state index contributed by atoms with van der Waals surface area (Å²) in [5, 5.41) is 0.431. The highest BCUT2D eigenvalue weighted by atomic mass is 32.1. The fraction of sp³-hybridized carbons (Fsp3) is 0.308. The quantitative estimate of drug-likeness (QED) is 0.616. The van der Waals surface area contributed by atoms with E-state index in [1.165, 1.54) is 11.3 Å². The van der Waals surface area contributed by atoms with Gasteiger partial charge in [0.05, 0.1) is 16.6 Å². The Morgan fingerprint density at radius 1 is 1.29 bits per heavy atom. The highest BCUT2D eigenvalue weighted by molar-refractivity contribution is 7.20. The first-order valence-electron chi connectivity index (χ1n) is 5.49. The van der Waals surface area contributed by atoms with E-state index in [1.54, 1.807) is 13.8 Å². The lowest BCUT2D eigenvalue weighted by Crippen LogP contribution is -2.13. The summed E-state index contributed by atoms with van der Waals surface area (Å²) >= 11 is 1.35. The highest BCUT2D eigenvalue weighted by Gasteiger charge is 2.17. The van der Waals surface area contributed by atoms with E-state index in [4.69, 9.17) is 0 Å². The third kappa shape index (κ3) is 2.58. The number of benzene rings is 1. The molecule has 0 saturated carbocycles. The number of ketones is 2. The van der Waals surface area contributed by atoms with Crippen molar-refractivity contribution in [2.24, 2.45) is 5.92 Å². The van der Waals surface area contributed by atoms with Crippen LogP contribution in [0.4, 0.5) is 0 Å². The van der Waals surface area contributed by atoms with Crippen molar-refractivity contribution in [3.63, 3.8) is 0 Å². The highest BCUT2D eigenvalue weighted by Crippen LogP contribution is 2.22. The molecule has 0 amide bonds. The van der Waals surface area contributed by atoms with Gasteiger partial charge in [0.2, 0.25) is 0 Å². The minimum Gasteiger partial charge on any atom is -0.299 e. The number of thiazole rings is 1. The van der Waals surface area contributed by atoms with E-state index in [0.717, 1.165) is 10.2 Å². The van der Waals surface area contributed by atoms with Gasteiger partial charge in [0, 0.05) is 5.92 Å². The van der Waals surface area contributed by atoms with E-state index in [0.29, 0.717) is 5.01 Å². The van der Waals surface area contributed by atoms with Crippen LogP contribution in [-0.2, 0) is 4.79 Å². The molecular weight excluding hydrogens is 234 g/mol. The van der Waals surface area contributed by atoms with E-state index in [-0.39, 0.29) is 23.9 Å². The van der Waals surface area contributed by atoms with Gasteiger partial charge >= 0.3 is 0 Å². The zero-order chi connectivity index (χ0) is 12.4. The summed E-state index contributed by atoms with van der Waals surface area (Å²) in [6.07, 6.45) is -0.0442. The molecule has 0 radical (unpaired) electrons. The molecule has 0 aliphatic heterocycles. The van der Waals surface area contributed by atoms with Gasteiger partial charge in [-0.3, -0.25) is 9.59 Å². The average molecular weight is 247 g/mol. The predicted molar refractivity (Wildman–Crippen MR) is 68.4 cm³/mol. The van der Waals surface area contributed by atoms with Gasteiger partial charge in [-0.2, -0.15) is 0 Å². The average Bonchev–Trinajstić information content (AvgIpc) is 2.72. The van der Waals surface area contributed by atoms with Gasteiger partial charge in [-0.1, -0.05) is 26.0 Å². The summed E-state index contributed by atoms with van der Waals surface area (Å²) in [5.41, 5.74) is 0.817. The minimum atomic E-state index is -0.176. The molecule has 17 heavy (non-hydrogen) atoms. The summed E-state index contributed by atoms with van der Waals surface area (Å²) in [6.45, 7) is 3.60. The van der Waals surface area contributed by atoms with E-state index >= 15 is 0 Å². The topological polar surface area (TPSA) is 47.0 Å². The number of carbonyl (C=O) groups excluding carboxylic acids is 2. The van der Waals surface area contributed by atoms with Gasteiger partial charge in [0.15, 0.2) is 10.8 Å². The molecule has 0 aliphatic rings. The molecular formula is C13H13NO2S. The number of aromatic nitrogens is 1. The summed E-state index contributed by atoms with van der Waals surface area (Å²) in [6, 6.07) is 7.59. The van der Waals surface area contributed by atoms with Gasteiger partial charge in [-0.25, -0.2) is 4.98 Å². The molecule has 0 aliphatic carbocycles. The zero-order valence-electron chi connectivity index (χ0n) is 9.77. The third-order valence-corrected chi connectivity index (χ3v) is 3.59. The van der Waals surface area contributed by atoms with Crippen molar-refractivity contribution in [2.75, 3.05) is 0 Å². The summed E-state index contributed by atoms with van der Waals surface area (Å²) in [5.74, 6) is -0.313. The van der Waals surface area contributed by atoms with Crippen LogP contribution >= 0.6 is 11.3 Å². The first kappa shape index (κ1) is 11.9. The molecule has 0 spiro atoms. The van der Waals surface area contributed by atoms with Crippen molar-refractivity contribution in [1.29, 1.82) is 0 Å². The molecule has 2 aromatic rings. The van der Waals surface area contributed by atoms with Crippen LogP contribution < -0.4 is 0 Å². The molecule has 0 bridgehead atoms. The van der Waals surface area contributed by atoms with Gasteiger partial charge in [-0.05, 0) is 12.1 Å². The maximum atomic E-state index is 11.9. The Morgan fingerprint density at radius 3 is 2.65 bits per heavy atom. The minimum absolute atomic E-state index is 0.0331. The standard InChI is InChI=1S/C13H13NO2S/c1-8(2)10(15)7-11(16)13-14-9-5-3-4-6-12(9)17-13/h3-6,8H,7H2,1-2H3. The largest absolute Gasteiger partial charge is 0.299 e. The number of Topliss-reactive ketones (excluding diaryl/α,β-unsaturated/α-hetero) is 2. The van der Waals surface area contributed by atoms with E-state index in [1.807, 2.05) is 24.3 Å². The van der Waals surface area contributed by atoms with E-state index in [9.17, 15) is 9.59 Å². The number of nitrogens with zero attached hydrogens (tertiary/aromatic N) is 1. The van der Waals surface area contributed by atoms with Crippen molar-refractivity contribution in [3.8, 4) is 0 Å². The second-order valence-corrected chi connectivity index (χ2v) is 5.24. The molecule has 1 heterocycles. The SMILES string of the molecule is CC(C)C(=O)CC(=O)c1nc2ccccc2s1. The van der Waals surface area contributed by atoms with Crippen LogP contribution in [-0.4, -0.2) is 16.6 Å². The number of fused-ring (bicyclic) bond motifs is 1. The van der Waals surface area contributed by atoms with Crippen LogP contribution in [0.5, 0.6) is 0 Å². The van der Waals surface area contributed by atoms with Crippen molar-refractivity contribution < 1.29 is 9.59 Å². The predicted octanol–water partition coefficient (Wildman–Crippen LogP) is 3.09.